The van der Waals surface area contributed by atoms with Crippen LogP contribution in [-0.2, 0) is 19.4 Å². The lowest BCUT2D eigenvalue weighted by atomic mass is 10.00. The van der Waals surface area contributed by atoms with Gasteiger partial charge in [0.25, 0.3) is 11.8 Å². The lowest BCUT2D eigenvalue weighted by Gasteiger charge is -2.38. The quantitative estimate of drug-likeness (QED) is 0.179. The van der Waals surface area contributed by atoms with E-state index in [1.165, 1.54) is 24.8 Å². The Bertz CT molecular complexity index is 1320. The molecule has 1 saturated heterocycles. The lowest BCUT2D eigenvalue weighted by molar-refractivity contribution is 0.0540. The first-order valence-corrected chi connectivity index (χ1v) is 16.8. The summed E-state index contributed by atoms with van der Waals surface area (Å²) >= 11 is 6.08. The molecule has 0 atom stereocenters. The highest BCUT2D eigenvalue weighted by molar-refractivity contribution is 6.30. The molecule has 2 aromatic carbocycles. The van der Waals surface area contributed by atoms with Crippen LogP contribution >= 0.6 is 11.6 Å². The van der Waals surface area contributed by atoms with Crippen LogP contribution in [0.2, 0.25) is 5.02 Å². The zero-order chi connectivity index (χ0) is 31.3. The number of aromatic nitrogens is 1. The first kappa shape index (κ1) is 33.7. The summed E-state index contributed by atoms with van der Waals surface area (Å²) in [5.74, 6) is 0.562. The monoisotopic (exact) mass is 616 g/mol. The number of pyridine rings is 1. The molecule has 1 aliphatic rings. The van der Waals surface area contributed by atoms with Gasteiger partial charge in [-0.05, 0) is 98.0 Å². The summed E-state index contributed by atoms with van der Waals surface area (Å²) in [5.41, 5.74) is 4.39. The average Bonchev–Trinajstić information content (AvgIpc) is 3.03. The second-order valence-corrected chi connectivity index (χ2v) is 13.0. The Balaban J connectivity index is 1.40. The number of piperidine rings is 1. The number of rotatable bonds is 15. The SMILES string of the molecule is CCCCCc1ccc(C(=O)N(Cc2ccc(C(=O)NCCc3cccc(Cl)c3)cc2)C2CCN(CCC(C)C)CC2)nc1. The fourth-order valence-electron chi connectivity index (χ4n) is 5.76. The molecule has 1 N–H and O–H groups in total. The van der Waals surface area contributed by atoms with Gasteiger partial charge in [0.1, 0.15) is 5.69 Å². The van der Waals surface area contributed by atoms with E-state index in [0.717, 1.165) is 56.4 Å². The number of aryl methyl sites for hydroxylation is 1. The molecule has 0 saturated carbocycles. The van der Waals surface area contributed by atoms with E-state index in [-0.39, 0.29) is 17.9 Å². The Hall–Kier alpha value is -3.22. The molecule has 0 spiro atoms. The maximum absolute atomic E-state index is 13.9. The highest BCUT2D eigenvalue weighted by atomic mass is 35.5. The van der Waals surface area contributed by atoms with Crippen molar-refractivity contribution in [2.75, 3.05) is 26.2 Å². The van der Waals surface area contributed by atoms with Gasteiger partial charge in [0.05, 0.1) is 0 Å². The number of nitrogens with one attached hydrogen (secondary N) is 1. The highest BCUT2D eigenvalue weighted by Gasteiger charge is 2.29. The number of carbonyl (C=O) groups excluding carboxylic acids is 2. The largest absolute Gasteiger partial charge is 0.352 e. The summed E-state index contributed by atoms with van der Waals surface area (Å²) in [7, 11) is 0. The third-order valence-corrected chi connectivity index (χ3v) is 8.79. The molecule has 1 aromatic heterocycles. The van der Waals surface area contributed by atoms with Crippen molar-refractivity contribution in [2.45, 2.75) is 84.7 Å². The topological polar surface area (TPSA) is 65.5 Å². The van der Waals surface area contributed by atoms with Gasteiger partial charge in [-0.1, -0.05) is 75.5 Å². The van der Waals surface area contributed by atoms with E-state index in [1.54, 1.807) is 0 Å². The van der Waals surface area contributed by atoms with Gasteiger partial charge in [0, 0.05) is 49.0 Å². The average molecular weight is 617 g/mol. The van der Waals surface area contributed by atoms with Crippen LogP contribution in [0.3, 0.4) is 0 Å². The Labute approximate surface area is 269 Å². The molecule has 3 aromatic rings. The molecule has 0 unspecified atom stereocenters. The summed E-state index contributed by atoms with van der Waals surface area (Å²) in [6.45, 7) is 10.9. The Morgan fingerprint density at radius 3 is 2.39 bits per heavy atom. The number of halogens is 1. The van der Waals surface area contributed by atoms with Crippen molar-refractivity contribution >= 4 is 23.4 Å². The number of hydrogen-bond acceptors (Lipinski definition) is 4. The van der Waals surface area contributed by atoms with Crippen LogP contribution in [0, 0.1) is 5.92 Å². The second-order valence-electron chi connectivity index (χ2n) is 12.5. The number of unbranched alkanes of at least 4 members (excludes halogenated alkanes) is 2. The molecule has 6 nitrogen and oxygen atoms in total. The Kier molecular flexibility index (Phi) is 13.2. The second kappa shape index (κ2) is 17.3. The van der Waals surface area contributed by atoms with E-state index in [0.29, 0.717) is 41.7 Å². The number of benzene rings is 2. The number of carbonyl (C=O) groups is 2. The van der Waals surface area contributed by atoms with Gasteiger partial charge in [0.2, 0.25) is 0 Å². The summed E-state index contributed by atoms with van der Waals surface area (Å²) in [4.78, 5) is 35.9. The van der Waals surface area contributed by atoms with Crippen LogP contribution < -0.4 is 5.32 Å². The molecule has 0 radical (unpaired) electrons. The van der Waals surface area contributed by atoms with Gasteiger partial charge >= 0.3 is 0 Å². The van der Waals surface area contributed by atoms with Crippen LogP contribution in [0.25, 0.3) is 0 Å². The molecule has 7 heteroatoms. The highest BCUT2D eigenvalue weighted by Crippen LogP contribution is 2.23. The van der Waals surface area contributed by atoms with E-state index >= 15 is 0 Å². The molecule has 1 fully saturated rings. The molecule has 236 valence electrons. The molecule has 4 rings (SSSR count). The fourth-order valence-corrected chi connectivity index (χ4v) is 5.97. The zero-order valence-corrected chi connectivity index (χ0v) is 27.5. The minimum atomic E-state index is -0.108. The predicted molar refractivity (Wildman–Crippen MR) is 180 cm³/mol. The van der Waals surface area contributed by atoms with E-state index in [9.17, 15) is 9.59 Å². The van der Waals surface area contributed by atoms with E-state index < -0.39 is 0 Å². The third kappa shape index (κ3) is 10.4. The first-order chi connectivity index (χ1) is 21.3. The number of nitrogens with zero attached hydrogens (tertiary/aromatic N) is 3. The molecule has 2 heterocycles. The molecule has 0 aliphatic carbocycles. The van der Waals surface area contributed by atoms with E-state index in [2.05, 4.69) is 42.0 Å². The summed E-state index contributed by atoms with van der Waals surface area (Å²) < 4.78 is 0. The minimum absolute atomic E-state index is 0.0198. The fraction of sp³-hybridized carbons (Fsp3) is 0.486. The number of amides is 2. The molecule has 0 bridgehead atoms. The molecule has 2 amide bonds. The predicted octanol–water partition coefficient (Wildman–Crippen LogP) is 7.59. The van der Waals surface area contributed by atoms with Crippen LogP contribution in [0.1, 0.15) is 96.8 Å². The van der Waals surface area contributed by atoms with Gasteiger partial charge in [-0.15, -0.1) is 0 Å². The van der Waals surface area contributed by atoms with Crippen LogP contribution in [0.5, 0.6) is 0 Å². The molecular weight excluding hydrogens is 568 g/mol. The lowest BCUT2D eigenvalue weighted by Crippen LogP contribution is -2.47. The van der Waals surface area contributed by atoms with Crippen LogP contribution in [0.15, 0.2) is 66.9 Å². The summed E-state index contributed by atoms with van der Waals surface area (Å²) in [6, 6.07) is 19.4. The minimum Gasteiger partial charge on any atom is -0.352 e. The van der Waals surface area contributed by atoms with Crippen molar-refractivity contribution < 1.29 is 9.59 Å². The van der Waals surface area contributed by atoms with Gasteiger partial charge < -0.3 is 15.1 Å². The van der Waals surface area contributed by atoms with Crippen molar-refractivity contribution in [3.63, 3.8) is 0 Å². The summed E-state index contributed by atoms with van der Waals surface area (Å²) in [6.07, 6.45) is 10.2. The molecule has 1 aliphatic heterocycles. The van der Waals surface area contributed by atoms with Crippen molar-refractivity contribution in [3.8, 4) is 0 Å². The number of hydrogen-bond donors (Lipinski definition) is 1. The van der Waals surface area contributed by atoms with E-state index in [1.807, 2.05) is 65.7 Å². The van der Waals surface area contributed by atoms with Gasteiger partial charge in [0.15, 0.2) is 0 Å². The number of likely N-dealkylation sites (tertiary alicyclic amines) is 1. The normalized spacial score (nSPS) is 14.1. The zero-order valence-electron chi connectivity index (χ0n) is 26.7. The van der Waals surface area contributed by atoms with Gasteiger partial charge in [-0.2, -0.15) is 0 Å². The maximum atomic E-state index is 13.9. The third-order valence-electron chi connectivity index (χ3n) is 8.55. The first-order valence-electron chi connectivity index (χ1n) is 16.4. The Morgan fingerprint density at radius 2 is 1.73 bits per heavy atom. The molecule has 44 heavy (non-hydrogen) atoms. The summed E-state index contributed by atoms with van der Waals surface area (Å²) in [5, 5.41) is 3.70. The maximum Gasteiger partial charge on any atom is 0.272 e. The van der Waals surface area contributed by atoms with Gasteiger partial charge in [-0.3, -0.25) is 14.6 Å². The van der Waals surface area contributed by atoms with Crippen LogP contribution in [0.4, 0.5) is 0 Å². The van der Waals surface area contributed by atoms with Crippen molar-refractivity contribution in [1.82, 2.24) is 20.1 Å². The molecular formula is C37H49ClN4O2. The Morgan fingerprint density at radius 1 is 0.977 bits per heavy atom. The smallest absolute Gasteiger partial charge is 0.272 e. The van der Waals surface area contributed by atoms with Crippen molar-refractivity contribution in [1.29, 1.82) is 0 Å². The standard InChI is InChI=1S/C37H49ClN4O2/c1-4-5-6-8-30-13-16-35(40-26-30)37(44)42(34-19-23-41(24-20-34)22-18-28(2)3)27-31-11-14-32(15-12-31)36(43)39-21-17-29-9-7-10-33(38)25-29/h7,9-16,25-26,28,34H,4-6,8,17-24,27H2,1-3H3,(H,39,43). The van der Waals surface area contributed by atoms with Crippen LogP contribution in [-0.4, -0.2) is 58.8 Å². The van der Waals surface area contributed by atoms with Crippen molar-refractivity contribution in [2.24, 2.45) is 5.92 Å². The van der Waals surface area contributed by atoms with Gasteiger partial charge in [-0.25, -0.2) is 0 Å². The van der Waals surface area contributed by atoms with Crippen molar-refractivity contribution in [3.05, 3.63) is 99.8 Å². The van der Waals surface area contributed by atoms with E-state index in [4.69, 9.17) is 11.6 Å².